The van der Waals surface area contributed by atoms with Gasteiger partial charge in [-0.3, -0.25) is 10.1 Å². The van der Waals surface area contributed by atoms with Crippen molar-refractivity contribution in [3.63, 3.8) is 0 Å². The van der Waals surface area contributed by atoms with Crippen molar-refractivity contribution in [3.05, 3.63) is 41.5 Å². The summed E-state index contributed by atoms with van der Waals surface area (Å²) in [6.07, 6.45) is 5.02. The smallest absolute Gasteiger partial charge is 0.101 e. The molecule has 0 aromatic carbocycles. The molecule has 0 bridgehead atoms. The predicted octanol–water partition coefficient (Wildman–Crippen LogP) is 1.60. The number of rotatable bonds is 3. The maximum atomic E-state index is 8.89. The van der Waals surface area contributed by atoms with Crippen LogP contribution >= 0.6 is 0 Å². The van der Waals surface area contributed by atoms with Crippen LogP contribution in [0.1, 0.15) is 16.8 Å². The molecule has 0 spiro atoms. The molecule has 0 aliphatic carbocycles. The fourth-order valence-electron chi connectivity index (χ4n) is 1.38. The molecule has 0 fully saturated rings. The Kier molecular flexibility index (Phi) is 2.83. The molecule has 5 heteroatoms. The van der Waals surface area contributed by atoms with E-state index < -0.39 is 0 Å². The Bertz CT molecular complexity index is 523. The average Bonchev–Trinajstić information content (AvgIpc) is 2.72. The second kappa shape index (κ2) is 4.45. The van der Waals surface area contributed by atoms with Crippen molar-refractivity contribution in [2.24, 2.45) is 0 Å². The number of pyridine rings is 1. The van der Waals surface area contributed by atoms with E-state index in [9.17, 15) is 0 Å². The van der Waals surface area contributed by atoms with Gasteiger partial charge in [-0.25, -0.2) is 0 Å². The predicted molar refractivity (Wildman–Crippen MR) is 59.6 cm³/mol. The number of aryl methyl sites for hydroxylation is 1. The minimum absolute atomic E-state index is 0.594. The molecule has 0 radical (unpaired) electrons. The fraction of sp³-hybridized carbons (Fsp3) is 0.182. The zero-order valence-electron chi connectivity index (χ0n) is 8.86. The fourth-order valence-corrected chi connectivity index (χ4v) is 1.38. The molecule has 2 aromatic rings. The molecule has 0 aliphatic rings. The van der Waals surface area contributed by atoms with Crippen LogP contribution in [0.5, 0.6) is 0 Å². The minimum atomic E-state index is 0.594. The molecular weight excluding hydrogens is 202 g/mol. The van der Waals surface area contributed by atoms with Gasteiger partial charge in [0.2, 0.25) is 0 Å². The third-order valence-electron chi connectivity index (χ3n) is 2.35. The number of aromatic nitrogens is 3. The Labute approximate surface area is 93.1 Å². The van der Waals surface area contributed by atoms with E-state index in [0.29, 0.717) is 12.1 Å². The van der Waals surface area contributed by atoms with E-state index in [1.165, 1.54) is 0 Å². The summed E-state index contributed by atoms with van der Waals surface area (Å²) in [5, 5.41) is 18.9. The van der Waals surface area contributed by atoms with Crippen LogP contribution in [0.25, 0.3) is 0 Å². The first-order valence-electron chi connectivity index (χ1n) is 4.88. The van der Waals surface area contributed by atoms with Crippen LogP contribution in [0, 0.1) is 18.3 Å². The highest BCUT2D eigenvalue weighted by molar-refractivity contribution is 5.55. The molecule has 0 atom stereocenters. The maximum Gasteiger partial charge on any atom is 0.101 e. The number of hydrogen-bond acceptors (Lipinski definition) is 4. The lowest BCUT2D eigenvalue weighted by atomic mass is 10.2. The molecule has 0 amide bonds. The number of nitrogens with one attached hydrogen (secondary N) is 2. The zero-order chi connectivity index (χ0) is 11.4. The summed E-state index contributed by atoms with van der Waals surface area (Å²) in [6, 6.07) is 3.80. The second-order valence-corrected chi connectivity index (χ2v) is 3.41. The van der Waals surface area contributed by atoms with Gasteiger partial charge in [0.05, 0.1) is 23.6 Å². The van der Waals surface area contributed by atoms with Crippen LogP contribution in [0.4, 0.5) is 5.69 Å². The van der Waals surface area contributed by atoms with Gasteiger partial charge in [0.25, 0.3) is 0 Å². The first kappa shape index (κ1) is 10.2. The molecule has 2 aromatic heterocycles. The Morgan fingerprint density at radius 3 is 3.06 bits per heavy atom. The van der Waals surface area contributed by atoms with Gasteiger partial charge >= 0.3 is 0 Å². The van der Waals surface area contributed by atoms with E-state index in [1.807, 2.05) is 6.92 Å². The highest BCUT2D eigenvalue weighted by Gasteiger charge is 2.03. The molecule has 0 saturated carbocycles. The normalized spacial score (nSPS) is 9.75. The van der Waals surface area contributed by atoms with E-state index in [4.69, 9.17) is 5.26 Å². The van der Waals surface area contributed by atoms with Crippen LogP contribution < -0.4 is 5.32 Å². The SMILES string of the molecule is Cc1[nH]ncc1CNc1cnccc1C#N. The summed E-state index contributed by atoms with van der Waals surface area (Å²) in [7, 11) is 0. The second-order valence-electron chi connectivity index (χ2n) is 3.41. The number of H-pyrrole nitrogens is 1. The van der Waals surface area contributed by atoms with Crippen molar-refractivity contribution in [2.45, 2.75) is 13.5 Å². The van der Waals surface area contributed by atoms with E-state index >= 15 is 0 Å². The van der Waals surface area contributed by atoms with Crippen molar-refractivity contribution in [1.29, 1.82) is 5.26 Å². The summed E-state index contributed by atoms with van der Waals surface area (Å²) >= 11 is 0. The molecule has 0 aliphatic heterocycles. The van der Waals surface area contributed by atoms with Gasteiger partial charge in [0.15, 0.2) is 0 Å². The molecule has 2 N–H and O–H groups in total. The molecule has 5 nitrogen and oxygen atoms in total. The Balaban J connectivity index is 2.11. The van der Waals surface area contributed by atoms with Gasteiger partial charge in [-0.05, 0) is 13.0 Å². The van der Waals surface area contributed by atoms with Crippen LogP contribution in [0.2, 0.25) is 0 Å². The van der Waals surface area contributed by atoms with Crippen molar-refractivity contribution in [1.82, 2.24) is 15.2 Å². The maximum absolute atomic E-state index is 8.89. The largest absolute Gasteiger partial charge is 0.379 e. The van der Waals surface area contributed by atoms with Crippen molar-refractivity contribution in [2.75, 3.05) is 5.32 Å². The minimum Gasteiger partial charge on any atom is -0.379 e. The van der Waals surface area contributed by atoms with E-state index in [1.54, 1.807) is 24.7 Å². The van der Waals surface area contributed by atoms with Crippen molar-refractivity contribution < 1.29 is 0 Å². The van der Waals surface area contributed by atoms with Gasteiger partial charge in [0, 0.05) is 24.0 Å². The quantitative estimate of drug-likeness (QED) is 0.811. The summed E-state index contributed by atoms with van der Waals surface area (Å²) in [4.78, 5) is 3.98. The van der Waals surface area contributed by atoms with Gasteiger partial charge in [-0.2, -0.15) is 10.4 Å². The molecule has 80 valence electrons. The summed E-state index contributed by atoms with van der Waals surface area (Å²) in [5.74, 6) is 0. The van der Waals surface area contributed by atoms with Gasteiger partial charge < -0.3 is 5.32 Å². The van der Waals surface area contributed by atoms with Crippen molar-refractivity contribution >= 4 is 5.69 Å². The van der Waals surface area contributed by atoms with Crippen LogP contribution in [-0.2, 0) is 6.54 Å². The lowest BCUT2D eigenvalue weighted by molar-refractivity contribution is 1.04. The van der Waals surface area contributed by atoms with Gasteiger partial charge in [-0.15, -0.1) is 0 Å². The summed E-state index contributed by atoms with van der Waals surface area (Å²) in [6.45, 7) is 2.58. The molecule has 2 rings (SSSR count). The Morgan fingerprint density at radius 2 is 2.38 bits per heavy atom. The molecule has 0 unspecified atom stereocenters. The standard InChI is InChI=1S/C11H11N5/c1-8-10(6-15-16-8)5-14-11-7-13-3-2-9(11)4-12/h2-3,6-7,14H,5H2,1H3,(H,15,16). The number of hydrogen-bond donors (Lipinski definition) is 2. The third-order valence-corrected chi connectivity index (χ3v) is 2.35. The molecule has 2 heterocycles. The number of aromatic amines is 1. The van der Waals surface area contributed by atoms with Crippen LogP contribution in [0.15, 0.2) is 24.7 Å². The number of anilines is 1. The van der Waals surface area contributed by atoms with Crippen LogP contribution in [0.3, 0.4) is 0 Å². The monoisotopic (exact) mass is 213 g/mol. The van der Waals surface area contributed by atoms with E-state index in [0.717, 1.165) is 16.9 Å². The van der Waals surface area contributed by atoms with Gasteiger partial charge in [-0.1, -0.05) is 0 Å². The van der Waals surface area contributed by atoms with E-state index in [2.05, 4.69) is 26.6 Å². The topological polar surface area (TPSA) is 77.4 Å². The Hall–Kier alpha value is -2.35. The summed E-state index contributed by atoms with van der Waals surface area (Å²) in [5.41, 5.74) is 3.43. The first-order chi connectivity index (χ1) is 7.81. The summed E-state index contributed by atoms with van der Waals surface area (Å²) < 4.78 is 0. The number of nitriles is 1. The molecule has 16 heavy (non-hydrogen) atoms. The van der Waals surface area contributed by atoms with Gasteiger partial charge in [0.1, 0.15) is 6.07 Å². The lowest BCUT2D eigenvalue weighted by Crippen LogP contribution is -2.02. The zero-order valence-corrected chi connectivity index (χ0v) is 8.86. The lowest BCUT2D eigenvalue weighted by Gasteiger charge is -2.06. The Morgan fingerprint density at radius 1 is 1.50 bits per heavy atom. The highest BCUT2D eigenvalue weighted by Crippen LogP contribution is 2.13. The van der Waals surface area contributed by atoms with Crippen molar-refractivity contribution in [3.8, 4) is 6.07 Å². The average molecular weight is 213 g/mol. The first-order valence-corrected chi connectivity index (χ1v) is 4.88. The number of nitrogens with zero attached hydrogens (tertiary/aromatic N) is 3. The molecular formula is C11H11N5. The molecule has 0 saturated heterocycles. The van der Waals surface area contributed by atoms with Crippen LogP contribution in [-0.4, -0.2) is 15.2 Å². The van der Waals surface area contributed by atoms with E-state index in [-0.39, 0.29) is 0 Å². The highest BCUT2D eigenvalue weighted by atomic mass is 15.1. The third kappa shape index (κ3) is 2.01.